The van der Waals surface area contributed by atoms with Crippen molar-refractivity contribution in [3.8, 4) is 0 Å². The van der Waals surface area contributed by atoms with Gasteiger partial charge in [-0.2, -0.15) is 0 Å². The highest BCUT2D eigenvalue weighted by Crippen LogP contribution is 2.27. The number of carbonyl (C=O) groups excluding carboxylic acids is 3. The Morgan fingerprint density at radius 2 is 1.39 bits per heavy atom. The van der Waals surface area contributed by atoms with E-state index in [4.69, 9.17) is 4.74 Å². The third kappa shape index (κ3) is 9.47. The SMILES string of the molecule is CC(C)CCC(=O)NCC(=O)OCC(=O)NCCC(c1ccccc1)c1ccccc1. The monoisotopic (exact) mass is 424 g/mol. The molecule has 2 N–H and O–H groups in total. The van der Waals surface area contributed by atoms with Gasteiger partial charge < -0.3 is 15.4 Å². The molecule has 0 aromatic heterocycles. The fourth-order valence-electron chi connectivity index (χ4n) is 3.18. The molecule has 166 valence electrons. The van der Waals surface area contributed by atoms with Crippen molar-refractivity contribution in [1.82, 2.24) is 10.6 Å². The Morgan fingerprint density at radius 1 is 0.806 bits per heavy atom. The minimum atomic E-state index is -0.625. The molecule has 0 spiro atoms. The Kier molecular flexibility index (Phi) is 10.3. The van der Waals surface area contributed by atoms with Gasteiger partial charge in [0.1, 0.15) is 6.54 Å². The molecule has 6 heteroatoms. The second-order valence-corrected chi connectivity index (χ2v) is 7.88. The molecule has 6 nitrogen and oxygen atoms in total. The summed E-state index contributed by atoms with van der Waals surface area (Å²) < 4.78 is 4.94. The first kappa shape index (κ1) is 24.1. The normalized spacial score (nSPS) is 10.7. The van der Waals surface area contributed by atoms with E-state index in [1.807, 2.05) is 50.2 Å². The fraction of sp³-hybridized carbons (Fsp3) is 0.400. The summed E-state index contributed by atoms with van der Waals surface area (Å²) >= 11 is 0. The van der Waals surface area contributed by atoms with Crippen LogP contribution in [0.3, 0.4) is 0 Å². The zero-order chi connectivity index (χ0) is 22.5. The Labute approximate surface area is 184 Å². The van der Waals surface area contributed by atoms with E-state index in [0.717, 1.165) is 12.8 Å². The number of rotatable bonds is 12. The highest BCUT2D eigenvalue weighted by Gasteiger charge is 2.15. The highest BCUT2D eigenvalue weighted by molar-refractivity contribution is 5.84. The van der Waals surface area contributed by atoms with Crippen LogP contribution in [0.25, 0.3) is 0 Å². The number of esters is 1. The second kappa shape index (κ2) is 13.2. The Balaban J connectivity index is 1.72. The molecular formula is C25H32N2O4. The Bertz CT molecular complexity index is 782. The third-order valence-corrected chi connectivity index (χ3v) is 4.90. The zero-order valence-electron chi connectivity index (χ0n) is 18.3. The molecule has 2 rings (SSSR count). The van der Waals surface area contributed by atoms with E-state index < -0.39 is 5.97 Å². The summed E-state index contributed by atoms with van der Waals surface area (Å²) in [4.78, 5) is 35.4. The lowest BCUT2D eigenvalue weighted by Gasteiger charge is -2.18. The number of ether oxygens (including phenoxy) is 1. The van der Waals surface area contributed by atoms with E-state index >= 15 is 0 Å². The van der Waals surface area contributed by atoms with Crippen LogP contribution in [0.5, 0.6) is 0 Å². The van der Waals surface area contributed by atoms with Crippen molar-refractivity contribution >= 4 is 17.8 Å². The van der Waals surface area contributed by atoms with Crippen LogP contribution in [0, 0.1) is 5.92 Å². The lowest BCUT2D eigenvalue weighted by molar-refractivity contribution is -0.148. The second-order valence-electron chi connectivity index (χ2n) is 7.88. The largest absolute Gasteiger partial charge is 0.454 e. The van der Waals surface area contributed by atoms with E-state index in [1.54, 1.807) is 0 Å². The van der Waals surface area contributed by atoms with Crippen LogP contribution in [-0.2, 0) is 19.1 Å². The van der Waals surface area contributed by atoms with Crippen LogP contribution < -0.4 is 10.6 Å². The van der Waals surface area contributed by atoms with Crippen LogP contribution in [0.15, 0.2) is 60.7 Å². The van der Waals surface area contributed by atoms with Gasteiger partial charge in [-0.25, -0.2) is 0 Å². The van der Waals surface area contributed by atoms with Gasteiger partial charge in [0.2, 0.25) is 5.91 Å². The predicted molar refractivity (Wildman–Crippen MR) is 120 cm³/mol. The Hall–Kier alpha value is -3.15. The first-order valence-corrected chi connectivity index (χ1v) is 10.7. The highest BCUT2D eigenvalue weighted by atomic mass is 16.5. The van der Waals surface area contributed by atoms with E-state index in [-0.39, 0.29) is 30.9 Å². The number of hydrogen-bond donors (Lipinski definition) is 2. The molecule has 0 atom stereocenters. The minimum Gasteiger partial charge on any atom is -0.454 e. The van der Waals surface area contributed by atoms with Gasteiger partial charge in [-0.1, -0.05) is 74.5 Å². The van der Waals surface area contributed by atoms with Crippen LogP contribution in [-0.4, -0.2) is 37.5 Å². The molecule has 0 unspecified atom stereocenters. The molecule has 2 aromatic rings. The number of carbonyl (C=O) groups is 3. The van der Waals surface area contributed by atoms with Crippen molar-refractivity contribution < 1.29 is 19.1 Å². The molecule has 0 aliphatic carbocycles. The molecule has 0 aliphatic heterocycles. The Morgan fingerprint density at radius 3 is 1.94 bits per heavy atom. The molecule has 0 heterocycles. The summed E-state index contributed by atoms with van der Waals surface area (Å²) in [5.74, 6) is -0.599. The fourth-order valence-corrected chi connectivity index (χ4v) is 3.18. The summed E-state index contributed by atoms with van der Waals surface area (Å²) in [6.45, 7) is 3.93. The van der Waals surface area contributed by atoms with Gasteiger partial charge in [0.15, 0.2) is 6.61 Å². The molecule has 2 aromatic carbocycles. The number of benzene rings is 2. The summed E-state index contributed by atoms with van der Waals surface area (Å²) in [6.07, 6.45) is 1.85. The topological polar surface area (TPSA) is 84.5 Å². The molecule has 0 bridgehead atoms. The minimum absolute atomic E-state index is 0.159. The average molecular weight is 425 g/mol. The molecule has 2 amide bonds. The lowest BCUT2D eigenvalue weighted by Crippen LogP contribution is -2.34. The van der Waals surface area contributed by atoms with Crippen molar-refractivity contribution in [3.63, 3.8) is 0 Å². The summed E-state index contributed by atoms with van der Waals surface area (Å²) in [5, 5.41) is 5.31. The summed E-state index contributed by atoms with van der Waals surface area (Å²) in [5.41, 5.74) is 2.37. The maximum absolute atomic E-state index is 12.0. The first-order chi connectivity index (χ1) is 15.0. The van der Waals surface area contributed by atoms with Crippen LogP contribution in [0.4, 0.5) is 0 Å². The number of hydrogen-bond acceptors (Lipinski definition) is 4. The van der Waals surface area contributed by atoms with Gasteiger partial charge in [0.05, 0.1) is 0 Å². The van der Waals surface area contributed by atoms with Gasteiger partial charge in [-0.05, 0) is 29.9 Å². The van der Waals surface area contributed by atoms with Crippen molar-refractivity contribution in [1.29, 1.82) is 0 Å². The van der Waals surface area contributed by atoms with Gasteiger partial charge in [0.25, 0.3) is 5.91 Å². The predicted octanol–water partition coefficient (Wildman–Crippen LogP) is 3.42. The maximum atomic E-state index is 12.0. The first-order valence-electron chi connectivity index (χ1n) is 10.7. The van der Waals surface area contributed by atoms with E-state index in [2.05, 4.69) is 34.9 Å². The molecule has 0 fully saturated rings. The van der Waals surface area contributed by atoms with Gasteiger partial charge in [-0.15, -0.1) is 0 Å². The van der Waals surface area contributed by atoms with E-state index in [1.165, 1.54) is 11.1 Å². The lowest BCUT2D eigenvalue weighted by atomic mass is 9.88. The van der Waals surface area contributed by atoms with Gasteiger partial charge >= 0.3 is 5.97 Å². The summed E-state index contributed by atoms with van der Waals surface area (Å²) in [6, 6.07) is 20.3. The van der Waals surface area contributed by atoms with Crippen molar-refractivity contribution in [3.05, 3.63) is 71.8 Å². The molecule has 0 saturated carbocycles. The van der Waals surface area contributed by atoms with Crippen LogP contribution in [0.2, 0.25) is 0 Å². The molecule has 31 heavy (non-hydrogen) atoms. The van der Waals surface area contributed by atoms with E-state index in [9.17, 15) is 14.4 Å². The van der Waals surface area contributed by atoms with Gasteiger partial charge in [-0.3, -0.25) is 14.4 Å². The molecule has 0 radical (unpaired) electrons. The number of amides is 2. The average Bonchev–Trinajstić information content (AvgIpc) is 2.79. The quantitative estimate of drug-likeness (QED) is 0.512. The molecular weight excluding hydrogens is 392 g/mol. The zero-order valence-corrected chi connectivity index (χ0v) is 18.3. The standard InChI is InChI=1S/C25H32N2O4/c1-19(2)13-14-23(28)27-17-25(30)31-18-24(29)26-16-15-22(20-9-5-3-6-10-20)21-11-7-4-8-12-21/h3-12,19,22H,13-18H2,1-2H3,(H,26,29)(H,27,28). The maximum Gasteiger partial charge on any atom is 0.325 e. The van der Waals surface area contributed by atoms with Crippen molar-refractivity contribution in [2.45, 2.75) is 39.0 Å². The smallest absolute Gasteiger partial charge is 0.325 e. The molecule has 0 aliphatic rings. The van der Waals surface area contributed by atoms with Crippen molar-refractivity contribution in [2.75, 3.05) is 19.7 Å². The van der Waals surface area contributed by atoms with Gasteiger partial charge in [0, 0.05) is 18.9 Å². The van der Waals surface area contributed by atoms with Crippen LogP contribution in [0.1, 0.15) is 50.2 Å². The van der Waals surface area contributed by atoms with Crippen molar-refractivity contribution in [2.24, 2.45) is 5.92 Å². The van der Waals surface area contributed by atoms with E-state index in [0.29, 0.717) is 18.9 Å². The van der Waals surface area contributed by atoms with Crippen LogP contribution >= 0.6 is 0 Å². The number of nitrogens with one attached hydrogen (secondary N) is 2. The summed E-state index contributed by atoms with van der Waals surface area (Å²) in [7, 11) is 0. The molecule has 0 saturated heterocycles. The third-order valence-electron chi connectivity index (χ3n) is 4.90.